The maximum Gasteiger partial charge on any atom is 0.152 e. The summed E-state index contributed by atoms with van der Waals surface area (Å²) in [5, 5.41) is 12.0. The minimum Gasteiger partial charge on any atom is -0.498 e. The lowest BCUT2D eigenvalue weighted by atomic mass is 10.1. The Kier molecular flexibility index (Phi) is 4.33. The van der Waals surface area contributed by atoms with E-state index in [9.17, 15) is 0 Å². The van der Waals surface area contributed by atoms with Crippen LogP contribution < -0.4 is 5.32 Å². The molecule has 0 aromatic rings. The second-order valence-electron chi connectivity index (χ2n) is 3.84. The van der Waals surface area contributed by atoms with Crippen molar-refractivity contribution in [2.45, 2.75) is 39.7 Å². The molecular weight excluding hydrogens is 164 g/mol. The van der Waals surface area contributed by atoms with Crippen molar-refractivity contribution in [3.05, 3.63) is 11.5 Å². The molecule has 0 saturated heterocycles. The van der Waals surface area contributed by atoms with Gasteiger partial charge in [-0.2, -0.15) is 5.26 Å². The maximum absolute atomic E-state index is 8.87. The van der Waals surface area contributed by atoms with Gasteiger partial charge < -0.3 is 10.1 Å². The van der Waals surface area contributed by atoms with Crippen molar-refractivity contribution in [3.63, 3.8) is 0 Å². The van der Waals surface area contributed by atoms with Crippen LogP contribution >= 0.6 is 0 Å². The van der Waals surface area contributed by atoms with Crippen LogP contribution in [-0.4, -0.2) is 12.6 Å². The lowest BCUT2D eigenvalue weighted by Gasteiger charge is -2.22. The lowest BCUT2D eigenvalue weighted by molar-refractivity contribution is 0.271. The maximum atomic E-state index is 8.87. The zero-order valence-corrected chi connectivity index (χ0v) is 9.06. The quantitative estimate of drug-likeness (QED) is 0.537. The molecule has 0 fully saturated rings. The van der Waals surface area contributed by atoms with Crippen LogP contribution in [0.4, 0.5) is 0 Å². The Bertz CT molecular complexity index is 224. The topological polar surface area (TPSA) is 45.0 Å². The highest BCUT2D eigenvalue weighted by Gasteiger charge is 2.14. The summed E-state index contributed by atoms with van der Waals surface area (Å²) in [6.45, 7) is 7.98. The summed E-state index contributed by atoms with van der Waals surface area (Å²) in [5.74, 6) is 0.706. The fourth-order valence-electron chi connectivity index (χ4n) is 0.958. The monoisotopic (exact) mass is 182 g/mol. The SMILES string of the molecule is CC/C(OC)=C(/C#N)NC(C)(C)C. The minimum atomic E-state index is -0.107. The molecule has 0 heterocycles. The van der Waals surface area contributed by atoms with E-state index in [0.29, 0.717) is 11.5 Å². The van der Waals surface area contributed by atoms with E-state index in [1.165, 1.54) is 0 Å². The Morgan fingerprint density at radius 2 is 2.00 bits per heavy atom. The molecule has 1 N–H and O–H groups in total. The van der Waals surface area contributed by atoms with Crippen LogP contribution in [0.1, 0.15) is 34.1 Å². The van der Waals surface area contributed by atoms with E-state index in [1.54, 1.807) is 7.11 Å². The van der Waals surface area contributed by atoms with Crippen LogP contribution in [0.15, 0.2) is 11.5 Å². The zero-order chi connectivity index (χ0) is 10.5. The average Bonchev–Trinajstić information content (AvgIpc) is 2.02. The second-order valence-corrected chi connectivity index (χ2v) is 3.84. The van der Waals surface area contributed by atoms with Crippen LogP contribution in [0.2, 0.25) is 0 Å². The summed E-state index contributed by atoms with van der Waals surface area (Å²) in [7, 11) is 1.58. The van der Waals surface area contributed by atoms with Gasteiger partial charge in [0.1, 0.15) is 11.8 Å². The van der Waals surface area contributed by atoms with Gasteiger partial charge in [-0.25, -0.2) is 0 Å². The van der Waals surface area contributed by atoms with Crippen molar-refractivity contribution in [1.29, 1.82) is 5.26 Å². The van der Waals surface area contributed by atoms with E-state index in [-0.39, 0.29) is 5.54 Å². The lowest BCUT2D eigenvalue weighted by Crippen LogP contribution is -2.35. The van der Waals surface area contributed by atoms with Gasteiger partial charge in [0.2, 0.25) is 0 Å². The summed E-state index contributed by atoms with van der Waals surface area (Å²) < 4.78 is 5.09. The number of nitriles is 1. The van der Waals surface area contributed by atoms with Crippen LogP contribution in [0.3, 0.4) is 0 Å². The fourth-order valence-corrected chi connectivity index (χ4v) is 0.958. The van der Waals surface area contributed by atoms with Gasteiger partial charge in [0.05, 0.1) is 7.11 Å². The Hall–Kier alpha value is -1.17. The van der Waals surface area contributed by atoms with Gasteiger partial charge in [0.25, 0.3) is 0 Å². The highest BCUT2D eigenvalue weighted by atomic mass is 16.5. The van der Waals surface area contributed by atoms with Crippen molar-refractivity contribution >= 4 is 0 Å². The van der Waals surface area contributed by atoms with Gasteiger partial charge in [-0.3, -0.25) is 0 Å². The van der Waals surface area contributed by atoms with Crippen LogP contribution in [-0.2, 0) is 4.74 Å². The number of allylic oxidation sites excluding steroid dienone is 2. The van der Waals surface area contributed by atoms with Crippen molar-refractivity contribution in [1.82, 2.24) is 5.32 Å². The average molecular weight is 182 g/mol. The van der Waals surface area contributed by atoms with Crippen LogP contribution in [0.5, 0.6) is 0 Å². The molecule has 0 aliphatic rings. The second kappa shape index (κ2) is 4.76. The standard InChI is InChI=1S/C10H18N2O/c1-6-9(13-5)8(7-11)12-10(2,3)4/h12H,6H2,1-5H3/b9-8+. The number of nitrogens with zero attached hydrogens (tertiary/aromatic N) is 1. The molecule has 0 atom stereocenters. The first kappa shape index (κ1) is 11.8. The van der Waals surface area contributed by atoms with Gasteiger partial charge in [-0.1, -0.05) is 6.92 Å². The molecule has 3 heteroatoms. The van der Waals surface area contributed by atoms with Gasteiger partial charge in [0.15, 0.2) is 5.70 Å². The zero-order valence-electron chi connectivity index (χ0n) is 9.06. The summed E-state index contributed by atoms with van der Waals surface area (Å²) >= 11 is 0. The molecule has 0 spiro atoms. The van der Waals surface area contributed by atoms with Gasteiger partial charge in [-0.15, -0.1) is 0 Å². The minimum absolute atomic E-state index is 0.107. The molecule has 3 nitrogen and oxygen atoms in total. The van der Waals surface area contributed by atoms with E-state index in [0.717, 1.165) is 6.42 Å². The molecule has 0 unspecified atom stereocenters. The molecule has 0 amide bonds. The summed E-state index contributed by atoms with van der Waals surface area (Å²) in [6, 6.07) is 2.10. The smallest absolute Gasteiger partial charge is 0.152 e. The van der Waals surface area contributed by atoms with Crippen molar-refractivity contribution in [3.8, 4) is 6.07 Å². The third-order valence-corrected chi connectivity index (χ3v) is 1.46. The third-order valence-electron chi connectivity index (χ3n) is 1.46. The fraction of sp³-hybridized carbons (Fsp3) is 0.700. The van der Waals surface area contributed by atoms with E-state index >= 15 is 0 Å². The van der Waals surface area contributed by atoms with Crippen LogP contribution in [0, 0.1) is 11.3 Å². The van der Waals surface area contributed by atoms with E-state index in [4.69, 9.17) is 10.00 Å². The number of hydrogen-bond donors (Lipinski definition) is 1. The summed E-state index contributed by atoms with van der Waals surface area (Å²) in [6.07, 6.45) is 0.725. The Labute approximate surface area is 80.4 Å². The van der Waals surface area contributed by atoms with Crippen LogP contribution in [0.25, 0.3) is 0 Å². The molecule has 0 bridgehead atoms. The number of rotatable bonds is 3. The normalized spacial score (nSPS) is 12.9. The highest BCUT2D eigenvalue weighted by Crippen LogP contribution is 2.10. The predicted octanol–water partition coefficient (Wildman–Crippen LogP) is 2.17. The molecule has 0 aliphatic heterocycles. The summed E-state index contributed by atoms with van der Waals surface area (Å²) in [4.78, 5) is 0. The van der Waals surface area contributed by atoms with Gasteiger partial charge >= 0.3 is 0 Å². The molecule has 0 aromatic carbocycles. The molecule has 0 aliphatic carbocycles. The first-order chi connectivity index (χ1) is 5.94. The molecular formula is C10H18N2O. The summed E-state index contributed by atoms with van der Waals surface area (Å²) in [5.41, 5.74) is 0.418. The van der Waals surface area contributed by atoms with Gasteiger partial charge in [0, 0.05) is 12.0 Å². The van der Waals surface area contributed by atoms with Gasteiger partial charge in [-0.05, 0) is 20.8 Å². The molecule has 13 heavy (non-hydrogen) atoms. The number of hydrogen-bond acceptors (Lipinski definition) is 3. The van der Waals surface area contributed by atoms with E-state index in [1.807, 2.05) is 27.7 Å². The van der Waals surface area contributed by atoms with Crippen molar-refractivity contribution in [2.24, 2.45) is 0 Å². The molecule has 0 rings (SSSR count). The Morgan fingerprint density at radius 1 is 1.46 bits per heavy atom. The molecule has 0 saturated carbocycles. The predicted molar refractivity (Wildman–Crippen MR) is 52.8 cm³/mol. The van der Waals surface area contributed by atoms with E-state index in [2.05, 4.69) is 11.4 Å². The number of methoxy groups -OCH3 is 1. The largest absolute Gasteiger partial charge is 0.498 e. The molecule has 74 valence electrons. The van der Waals surface area contributed by atoms with E-state index < -0.39 is 0 Å². The first-order valence-corrected chi connectivity index (χ1v) is 4.40. The highest BCUT2D eigenvalue weighted by molar-refractivity contribution is 5.23. The van der Waals surface area contributed by atoms with Crippen molar-refractivity contribution < 1.29 is 4.74 Å². The first-order valence-electron chi connectivity index (χ1n) is 4.40. The van der Waals surface area contributed by atoms with Crippen molar-refractivity contribution in [2.75, 3.05) is 7.11 Å². The number of nitrogens with one attached hydrogen (secondary N) is 1. The Morgan fingerprint density at radius 3 is 2.23 bits per heavy atom. The Balaban J connectivity index is 4.70. The third kappa shape index (κ3) is 4.41. The molecule has 0 aromatic heterocycles. The molecule has 0 radical (unpaired) electrons. The number of ether oxygens (including phenoxy) is 1.